The molecule has 1 saturated carbocycles. The molecule has 0 unspecified atom stereocenters. The van der Waals surface area contributed by atoms with Crippen LogP contribution in [0.5, 0.6) is 0 Å². The van der Waals surface area contributed by atoms with Gasteiger partial charge in [0, 0.05) is 15.9 Å². The van der Waals surface area contributed by atoms with Crippen molar-refractivity contribution < 1.29 is 0 Å². The third kappa shape index (κ3) is 2.67. The molecule has 3 aliphatic rings. The van der Waals surface area contributed by atoms with E-state index in [9.17, 15) is 0 Å². The van der Waals surface area contributed by atoms with Crippen molar-refractivity contribution in [2.75, 3.05) is 0 Å². The topological polar surface area (TPSA) is 0 Å². The minimum atomic E-state index is 0.0240. The predicted octanol–water partition coefficient (Wildman–Crippen LogP) is 9.54. The second-order valence-corrected chi connectivity index (χ2v) is 11.5. The average molecular weight is 461 g/mol. The van der Waals surface area contributed by atoms with E-state index >= 15 is 0 Å². The van der Waals surface area contributed by atoms with Crippen molar-refractivity contribution in [1.29, 1.82) is 0 Å². The molecule has 4 aromatic rings. The van der Waals surface area contributed by atoms with Gasteiger partial charge in [0.1, 0.15) is 0 Å². The highest BCUT2D eigenvalue weighted by Crippen LogP contribution is 2.57. The predicted molar refractivity (Wildman–Crippen MR) is 144 cm³/mol. The molecule has 0 N–H and O–H groups in total. The number of hydrogen-bond acceptors (Lipinski definition) is 0. The Kier molecular flexibility index (Phi) is 4.28. The van der Waals surface area contributed by atoms with Crippen molar-refractivity contribution in [3.8, 4) is 33.4 Å². The number of benzene rings is 4. The molecule has 1 fully saturated rings. The van der Waals surface area contributed by atoms with Crippen molar-refractivity contribution in [3.63, 3.8) is 0 Å². The highest BCUT2D eigenvalue weighted by molar-refractivity contribution is 6.30. The standard InChI is InChI=1S/C33H29Cl/c1-32(2)28-9-5-4-8-24(28)25-13-10-21(18-29(25)32)22-11-14-26-27-15-12-23(34)20-31(27)33(30(26)19-22)16-6-3-7-17-33/h4-5,8-15,18-20H,3,6-7,16-17H2,1-2H3. The third-order valence-corrected chi connectivity index (χ3v) is 9.18. The highest BCUT2D eigenvalue weighted by Gasteiger charge is 2.44. The Labute approximate surface area is 207 Å². The zero-order valence-corrected chi connectivity index (χ0v) is 20.7. The van der Waals surface area contributed by atoms with Crippen molar-refractivity contribution in [1.82, 2.24) is 0 Å². The molecule has 3 aliphatic carbocycles. The summed E-state index contributed by atoms with van der Waals surface area (Å²) in [5.41, 5.74) is 14.2. The lowest BCUT2D eigenvalue weighted by atomic mass is 9.67. The summed E-state index contributed by atoms with van der Waals surface area (Å²) >= 11 is 6.52. The lowest BCUT2D eigenvalue weighted by Gasteiger charge is -2.36. The lowest BCUT2D eigenvalue weighted by Crippen LogP contribution is -2.28. The minimum absolute atomic E-state index is 0.0240. The van der Waals surface area contributed by atoms with Gasteiger partial charge in [0.15, 0.2) is 0 Å². The van der Waals surface area contributed by atoms with Crippen molar-refractivity contribution in [3.05, 3.63) is 106 Å². The SMILES string of the molecule is CC1(C)c2ccccc2-c2ccc(-c3ccc4c(c3)C3(CCCCC3)c3cc(Cl)ccc3-4)cc21. The maximum atomic E-state index is 6.52. The van der Waals surface area contributed by atoms with Crippen LogP contribution >= 0.6 is 11.6 Å². The summed E-state index contributed by atoms with van der Waals surface area (Å²) in [5.74, 6) is 0. The van der Waals surface area contributed by atoms with Gasteiger partial charge in [-0.05, 0) is 92.7 Å². The summed E-state index contributed by atoms with van der Waals surface area (Å²) in [6.07, 6.45) is 6.38. The fourth-order valence-electron chi connectivity index (χ4n) is 7.22. The summed E-state index contributed by atoms with van der Waals surface area (Å²) in [4.78, 5) is 0. The van der Waals surface area contributed by atoms with Gasteiger partial charge in [-0.2, -0.15) is 0 Å². The van der Waals surface area contributed by atoms with Gasteiger partial charge in [0.25, 0.3) is 0 Å². The number of rotatable bonds is 1. The van der Waals surface area contributed by atoms with Gasteiger partial charge in [-0.15, -0.1) is 0 Å². The van der Waals surface area contributed by atoms with Crippen molar-refractivity contribution >= 4 is 11.6 Å². The zero-order chi connectivity index (χ0) is 23.1. The molecule has 0 bridgehead atoms. The van der Waals surface area contributed by atoms with Gasteiger partial charge in [-0.1, -0.05) is 99.3 Å². The molecule has 0 radical (unpaired) electrons. The van der Waals surface area contributed by atoms with Gasteiger partial charge in [-0.25, -0.2) is 0 Å². The Hall–Kier alpha value is -2.83. The van der Waals surface area contributed by atoms with Crippen LogP contribution in [0.2, 0.25) is 5.02 Å². The van der Waals surface area contributed by atoms with E-state index in [0.29, 0.717) is 0 Å². The molecular weight excluding hydrogens is 432 g/mol. The molecule has 0 nitrogen and oxygen atoms in total. The normalized spacial score (nSPS) is 18.3. The van der Waals surface area contributed by atoms with Gasteiger partial charge < -0.3 is 0 Å². The molecule has 0 amide bonds. The summed E-state index contributed by atoms with van der Waals surface area (Å²) < 4.78 is 0. The Morgan fingerprint density at radius 3 is 1.85 bits per heavy atom. The third-order valence-electron chi connectivity index (χ3n) is 8.95. The first-order chi connectivity index (χ1) is 16.5. The van der Waals surface area contributed by atoms with Crippen LogP contribution in [0.3, 0.4) is 0 Å². The van der Waals surface area contributed by atoms with Crippen LogP contribution in [0.25, 0.3) is 33.4 Å². The molecule has 0 heterocycles. The lowest BCUT2D eigenvalue weighted by molar-refractivity contribution is 0.353. The van der Waals surface area contributed by atoms with Crippen LogP contribution in [0, 0.1) is 0 Å². The second-order valence-electron chi connectivity index (χ2n) is 11.0. The first-order valence-electron chi connectivity index (χ1n) is 12.7. The molecule has 7 rings (SSSR count). The molecule has 4 aromatic carbocycles. The first kappa shape index (κ1) is 20.5. The molecule has 34 heavy (non-hydrogen) atoms. The van der Waals surface area contributed by atoms with Crippen LogP contribution in [-0.4, -0.2) is 0 Å². The Bertz CT molecular complexity index is 1470. The molecule has 1 heteroatoms. The van der Waals surface area contributed by atoms with Crippen LogP contribution < -0.4 is 0 Å². The largest absolute Gasteiger partial charge is 0.0843 e. The van der Waals surface area contributed by atoms with E-state index in [1.807, 2.05) is 0 Å². The Balaban J connectivity index is 1.39. The monoisotopic (exact) mass is 460 g/mol. The van der Waals surface area contributed by atoms with Gasteiger partial charge in [0.05, 0.1) is 0 Å². The fraction of sp³-hybridized carbons (Fsp3) is 0.273. The van der Waals surface area contributed by atoms with E-state index in [1.165, 1.54) is 87.7 Å². The Morgan fingerprint density at radius 2 is 1.12 bits per heavy atom. The van der Waals surface area contributed by atoms with E-state index in [-0.39, 0.29) is 10.8 Å². The number of halogens is 1. The van der Waals surface area contributed by atoms with Gasteiger partial charge in [0.2, 0.25) is 0 Å². The molecule has 0 atom stereocenters. The van der Waals surface area contributed by atoms with Gasteiger partial charge >= 0.3 is 0 Å². The molecule has 0 aliphatic heterocycles. The fourth-order valence-corrected chi connectivity index (χ4v) is 7.40. The van der Waals surface area contributed by atoms with Crippen LogP contribution in [0.4, 0.5) is 0 Å². The van der Waals surface area contributed by atoms with E-state index in [1.54, 1.807) is 0 Å². The highest BCUT2D eigenvalue weighted by atomic mass is 35.5. The average Bonchev–Trinajstić information content (AvgIpc) is 3.25. The summed E-state index contributed by atoms with van der Waals surface area (Å²) in [6, 6.07) is 29.8. The smallest absolute Gasteiger partial charge is 0.0409 e. The van der Waals surface area contributed by atoms with E-state index in [4.69, 9.17) is 11.6 Å². The molecular formula is C33H29Cl. The second kappa shape index (κ2) is 7.09. The maximum Gasteiger partial charge on any atom is 0.0409 e. The Morgan fingerprint density at radius 1 is 0.559 bits per heavy atom. The van der Waals surface area contributed by atoms with Crippen molar-refractivity contribution in [2.45, 2.75) is 56.8 Å². The van der Waals surface area contributed by atoms with Crippen LogP contribution in [0.15, 0.2) is 78.9 Å². The summed E-state index contributed by atoms with van der Waals surface area (Å²) in [6.45, 7) is 4.73. The summed E-state index contributed by atoms with van der Waals surface area (Å²) in [7, 11) is 0. The number of fused-ring (bicyclic) bond motifs is 8. The zero-order valence-electron chi connectivity index (χ0n) is 19.9. The molecule has 168 valence electrons. The maximum absolute atomic E-state index is 6.52. The van der Waals surface area contributed by atoms with Crippen LogP contribution in [-0.2, 0) is 10.8 Å². The van der Waals surface area contributed by atoms with Crippen LogP contribution in [0.1, 0.15) is 68.2 Å². The minimum Gasteiger partial charge on any atom is -0.0843 e. The molecule has 1 spiro atoms. The molecule has 0 saturated heterocycles. The van der Waals surface area contributed by atoms with Crippen molar-refractivity contribution in [2.24, 2.45) is 0 Å². The van der Waals surface area contributed by atoms with E-state index < -0.39 is 0 Å². The van der Waals surface area contributed by atoms with E-state index in [0.717, 1.165) is 5.02 Å². The van der Waals surface area contributed by atoms with Gasteiger partial charge in [-0.3, -0.25) is 0 Å². The number of hydrogen-bond donors (Lipinski definition) is 0. The van der Waals surface area contributed by atoms with E-state index in [2.05, 4.69) is 92.7 Å². The quantitative estimate of drug-likeness (QED) is 0.265. The molecule has 0 aromatic heterocycles. The first-order valence-corrected chi connectivity index (χ1v) is 13.1. The summed E-state index contributed by atoms with van der Waals surface area (Å²) in [5, 5.41) is 0.858.